The van der Waals surface area contributed by atoms with Crippen LogP contribution in [-0.2, 0) is 11.2 Å². The van der Waals surface area contributed by atoms with Crippen molar-refractivity contribution >= 4 is 5.97 Å². The highest BCUT2D eigenvalue weighted by Crippen LogP contribution is 2.14. The molecule has 5 nitrogen and oxygen atoms in total. The van der Waals surface area contributed by atoms with E-state index in [1.165, 1.54) is 6.33 Å². The van der Waals surface area contributed by atoms with E-state index >= 15 is 0 Å². The summed E-state index contributed by atoms with van der Waals surface area (Å²) in [4.78, 5) is 14.4. The average molecular weight is 203 g/mol. The number of hydrogen-bond acceptors (Lipinski definition) is 3. The average Bonchev–Trinajstić information content (AvgIpc) is 2.71. The minimum Gasteiger partial charge on any atom is -0.481 e. The van der Waals surface area contributed by atoms with Gasteiger partial charge in [0, 0.05) is 5.56 Å². The van der Waals surface area contributed by atoms with Crippen LogP contribution in [-0.4, -0.2) is 26.3 Å². The summed E-state index contributed by atoms with van der Waals surface area (Å²) in [5.41, 5.74) is 1.66. The fourth-order valence-corrected chi connectivity index (χ4v) is 1.30. The first-order valence-electron chi connectivity index (χ1n) is 4.42. The lowest BCUT2D eigenvalue weighted by molar-refractivity contribution is -0.136. The zero-order valence-corrected chi connectivity index (χ0v) is 7.84. The highest BCUT2D eigenvalue weighted by molar-refractivity contribution is 5.70. The van der Waals surface area contributed by atoms with Crippen molar-refractivity contribution in [3.8, 4) is 11.4 Å². The van der Waals surface area contributed by atoms with Gasteiger partial charge in [-0.1, -0.05) is 24.3 Å². The monoisotopic (exact) mass is 203 g/mol. The number of nitrogens with one attached hydrogen (secondary N) is 1. The summed E-state index contributed by atoms with van der Waals surface area (Å²) in [7, 11) is 0. The van der Waals surface area contributed by atoms with Crippen molar-refractivity contribution in [2.75, 3.05) is 0 Å². The fourth-order valence-electron chi connectivity index (χ4n) is 1.30. The van der Waals surface area contributed by atoms with E-state index in [1.54, 1.807) is 12.1 Å². The van der Waals surface area contributed by atoms with Crippen LogP contribution in [0.5, 0.6) is 0 Å². The van der Waals surface area contributed by atoms with Gasteiger partial charge in [0.1, 0.15) is 6.33 Å². The number of carboxylic acid groups (broad SMARTS) is 1. The molecule has 0 atom stereocenters. The molecule has 0 spiro atoms. The van der Waals surface area contributed by atoms with Crippen LogP contribution in [0.4, 0.5) is 0 Å². The van der Waals surface area contributed by atoms with Gasteiger partial charge >= 0.3 is 5.97 Å². The molecule has 15 heavy (non-hydrogen) atoms. The Kier molecular flexibility index (Phi) is 2.45. The van der Waals surface area contributed by atoms with Crippen LogP contribution < -0.4 is 0 Å². The summed E-state index contributed by atoms with van der Waals surface area (Å²) in [5.74, 6) is -0.153. The van der Waals surface area contributed by atoms with Gasteiger partial charge in [0.15, 0.2) is 5.82 Å². The number of carboxylic acids is 1. The number of hydrogen-bond donors (Lipinski definition) is 2. The molecule has 0 fully saturated rings. The molecule has 1 aromatic carbocycles. The van der Waals surface area contributed by atoms with Crippen LogP contribution in [0.2, 0.25) is 0 Å². The maximum atomic E-state index is 10.5. The van der Waals surface area contributed by atoms with Crippen molar-refractivity contribution in [3.05, 3.63) is 36.2 Å². The number of rotatable bonds is 3. The lowest BCUT2D eigenvalue weighted by Crippen LogP contribution is -1.99. The molecule has 0 aliphatic carbocycles. The Morgan fingerprint density at radius 1 is 1.33 bits per heavy atom. The van der Waals surface area contributed by atoms with Crippen LogP contribution >= 0.6 is 0 Å². The number of benzene rings is 1. The molecule has 2 aromatic rings. The smallest absolute Gasteiger partial charge is 0.307 e. The third-order valence-electron chi connectivity index (χ3n) is 2.00. The third kappa shape index (κ3) is 2.19. The standard InChI is InChI=1S/C10H9N3O2/c14-9(15)5-7-1-3-8(4-2-7)10-11-6-12-13-10/h1-4,6H,5H2,(H,14,15)(H,11,12,13). The van der Waals surface area contributed by atoms with Gasteiger partial charge in [-0.25, -0.2) is 4.98 Å². The second kappa shape index (κ2) is 3.91. The summed E-state index contributed by atoms with van der Waals surface area (Å²) < 4.78 is 0. The number of aromatic nitrogens is 3. The number of aliphatic carboxylic acids is 1. The molecule has 1 heterocycles. The molecule has 1 aromatic heterocycles. The first-order chi connectivity index (χ1) is 7.25. The quantitative estimate of drug-likeness (QED) is 0.782. The molecule has 0 radical (unpaired) electrons. The predicted molar refractivity (Wildman–Crippen MR) is 53.2 cm³/mol. The molecule has 0 unspecified atom stereocenters. The van der Waals surface area contributed by atoms with E-state index in [2.05, 4.69) is 15.2 Å². The van der Waals surface area contributed by atoms with Gasteiger partial charge in [-0.05, 0) is 5.56 Å². The number of carbonyl (C=O) groups is 1. The highest BCUT2D eigenvalue weighted by atomic mass is 16.4. The van der Waals surface area contributed by atoms with Gasteiger partial charge in [-0.15, -0.1) is 0 Å². The Bertz CT molecular complexity index is 448. The lowest BCUT2D eigenvalue weighted by atomic mass is 10.1. The second-order valence-electron chi connectivity index (χ2n) is 3.10. The van der Waals surface area contributed by atoms with E-state index < -0.39 is 5.97 Å². The summed E-state index contributed by atoms with van der Waals surface area (Å²) in [6, 6.07) is 7.18. The summed E-state index contributed by atoms with van der Waals surface area (Å²) in [5, 5.41) is 15.1. The zero-order chi connectivity index (χ0) is 10.7. The Morgan fingerprint density at radius 3 is 2.60 bits per heavy atom. The summed E-state index contributed by atoms with van der Waals surface area (Å²) >= 11 is 0. The predicted octanol–water partition coefficient (Wildman–Crippen LogP) is 1.10. The normalized spacial score (nSPS) is 10.1. The van der Waals surface area contributed by atoms with Crippen molar-refractivity contribution in [3.63, 3.8) is 0 Å². The molecule has 0 aliphatic rings. The Morgan fingerprint density at radius 2 is 2.07 bits per heavy atom. The lowest BCUT2D eigenvalue weighted by Gasteiger charge is -1.98. The molecule has 0 aliphatic heterocycles. The maximum Gasteiger partial charge on any atom is 0.307 e. The minimum atomic E-state index is -0.831. The van der Waals surface area contributed by atoms with E-state index in [4.69, 9.17) is 5.11 Å². The molecular weight excluding hydrogens is 194 g/mol. The van der Waals surface area contributed by atoms with Crippen molar-refractivity contribution in [1.29, 1.82) is 0 Å². The van der Waals surface area contributed by atoms with E-state index in [-0.39, 0.29) is 6.42 Å². The van der Waals surface area contributed by atoms with Crippen LogP contribution in [0.3, 0.4) is 0 Å². The van der Waals surface area contributed by atoms with Crippen molar-refractivity contribution < 1.29 is 9.90 Å². The van der Waals surface area contributed by atoms with E-state index in [9.17, 15) is 4.79 Å². The summed E-state index contributed by atoms with van der Waals surface area (Å²) in [6.45, 7) is 0. The Balaban J connectivity index is 2.21. The van der Waals surface area contributed by atoms with Gasteiger partial charge in [0.05, 0.1) is 6.42 Å². The van der Waals surface area contributed by atoms with Crippen LogP contribution in [0.1, 0.15) is 5.56 Å². The number of aromatic amines is 1. The van der Waals surface area contributed by atoms with Crippen molar-refractivity contribution in [1.82, 2.24) is 15.2 Å². The largest absolute Gasteiger partial charge is 0.481 e. The first kappa shape index (κ1) is 9.39. The van der Waals surface area contributed by atoms with E-state index in [0.717, 1.165) is 11.1 Å². The zero-order valence-electron chi connectivity index (χ0n) is 7.84. The van der Waals surface area contributed by atoms with Gasteiger partial charge in [-0.2, -0.15) is 5.10 Å². The highest BCUT2D eigenvalue weighted by Gasteiger charge is 2.02. The fraction of sp³-hybridized carbons (Fsp3) is 0.100. The molecule has 0 saturated heterocycles. The van der Waals surface area contributed by atoms with Crippen molar-refractivity contribution in [2.24, 2.45) is 0 Å². The molecular formula is C10H9N3O2. The molecule has 0 amide bonds. The summed E-state index contributed by atoms with van der Waals surface area (Å²) in [6.07, 6.45) is 1.47. The second-order valence-corrected chi connectivity index (χ2v) is 3.10. The van der Waals surface area contributed by atoms with E-state index in [0.29, 0.717) is 5.82 Å². The maximum absolute atomic E-state index is 10.5. The molecule has 0 bridgehead atoms. The van der Waals surface area contributed by atoms with Gasteiger partial charge in [0.25, 0.3) is 0 Å². The van der Waals surface area contributed by atoms with Gasteiger partial charge in [-0.3, -0.25) is 9.89 Å². The van der Waals surface area contributed by atoms with Crippen LogP contribution in [0, 0.1) is 0 Å². The third-order valence-corrected chi connectivity index (χ3v) is 2.00. The van der Waals surface area contributed by atoms with Crippen LogP contribution in [0.25, 0.3) is 11.4 Å². The Labute approximate surface area is 85.8 Å². The molecule has 0 saturated carbocycles. The molecule has 5 heteroatoms. The topological polar surface area (TPSA) is 78.9 Å². The molecule has 2 rings (SSSR count). The first-order valence-corrected chi connectivity index (χ1v) is 4.42. The van der Waals surface area contributed by atoms with E-state index in [1.807, 2.05) is 12.1 Å². The number of H-pyrrole nitrogens is 1. The van der Waals surface area contributed by atoms with Gasteiger partial charge in [0.2, 0.25) is 0 Å². The Hall–Kier alpha value is -2.17. The van der Waals surface area contributed by atoms with Crippen LogP contribution in [0.15, 0.2) is 30.6 Å². The molecule has 2 N–H and O–H groups in total. The van der Waals surface area contributed by atoms with Crippen molar-refractivity contribution in [2.45, 2.75) is 6.42 Å². The number of nitrogens with zero attached hydrogens (tertiary/aromatic N) is 2. The van der Waals surface area contributed by atoms with Gasteiger partial charge < -0.3 is 5.11 Å². The SMILES string of the molecule is O=C(O)Cc1ccc(-c2ncn[nH]2)cc1. The minimum absolute atomic E-state index is 0.0384. The molecule has 76 valence electrons.